The molecule has 3 heteroatoms. The molecule has 0 aromatic rings. The Bertz CT molecular complexity index is 164. The molecule has 2 N–H and O–H groups in total. The average molecular weight is 214 g/mol. The second kappa shape index (κ2) is 7.20. The Morgan fingerprint density at radius 1 is 1.33 bits per heavy atom. The quantitative estimate of drug-likeness (QED) is 0.681. The van der Waals surface area contributed by atoms with Crippen LogP contribution in [0.4, 0.5) is 0 Å². The van der Waals surface area contributed by atoms with Crippen molar-refractivity contribution >= 4 is 0 Å². The lowest BCUT2D eigenvalue weighted by Crippen LogP contribution is -2.44. The zero-order chi connectivity index (χ0) is 11.1. The zero-order valence-corrected chi connectivity index (χ0v) is 10.2. The molecule has 0 aromatic carbocycles. The lowest BCUT2D eigenvalue weighted by atomic mass is 9.95. The van der Waals surface area contributed by atoms with Crippen molar-refractivity contribution in [1.82, 2.24) is 4.90 Å². The van der Waals surface area contributed by atoms with Crippen molar-refractivity contribution in [3.63, 3.8) is 0 Å². The summed E-state index contributed by atoms with van der Waals surface area (Å²) in [7, 11) is 1.83. The first-order chi connectivity index (χ1) is 7.27. The third kappa shape index (κ3) is 4.49. The lowest BCUT2D eigenvalue weighted by molar-refractivity contribution is -0.00524. The molecule has 1 aliphatic rings. The predicted molar refractivity (Wildman–Crippen MR) is 63.9 cm³/mol. The van der Waals surface area contributed by atoms with Gasteiger partial charge in [0.2, 0.25) is 0 Å². The molecule has 1 aliphatic heterocycles. The van der Waals surface area contributed by atoms with Crippen LogP contribution in [0, 0.1) is 5.92 Å². The van der Waals surface area contributed by atoms with Crippen LogP contribution in [0.3, 0.4) is 0 Å². The van der Waals surface area contributed by atoms with E-state index in [9.17, 15) is 0 Å². The molecule has 0 aromatic heterocycles. The third-order valence-corrected chi connectivity index (χ3v) is 3.45. The van der Waals surface area contributed by atoms with Crippen molar-refractivity contribution in [2.45, 2.75) is 38.7 Å². The van der Waals surface area contributed by atoms with E-state index < -0.39 is 0 Å². The topological polar surface area (TPSA) is 38.5 Å². The molecule has 1 heterocycles. The van der Waals surface area contributed by atoms with Gasteiger partial charge in [-0.1, -0.05) is 13.3 Å². The highest BCUT2D eigenvalue weighted by Crippen LogP contribution is 2.19. The van der Waals surface area contributed by atoms with Crippen molar-refractivity contribution < 1.29 is 4.74 Å². The molecule has 90 valence electrons. The fourth-order valence-corrected chi connectivity index (χ4v) is 2.26. The van der Waals surface area contributed by atoms with Gasteiger partial charge in [-0.3, -0.25) is 0 Å². The van der Waals surface area contributed by atoms with E-state index in [0.29, 0.717) is 6.10 Å². The van der Waals surface area contributed by atoms with Crippen molar-refractivity contribution in [3.8, 4) is 0 Å². The molecular formula is C12H26N2O. The molecule has 1 saturated heterocycles. The smallest absolute Gasteiger partial charge is 0.0724 e. The molecule has 0 saturated carbocycles. The highest BCUT2D eigenvalue weighted by molar-refractivity contribution is 4.78. The van der Waals surface area contributed by atoms with Gasteiger partial charge in [0.05, 0.1) is 6.10 Å². The minimum absolute atomic E-state index is 0.438. The number of rotatable bonds is 6. The maximum Gasteiger partial charge on any atom is 0.0724 e. The molecular weight excluding hydrogens is 188 g/mol. The molecule has 0 amide bonds. The minimum atomic E-state index is 0.438. The van der Waals surface area contributed by atoms with Crippen LogP contribution in [0.2, 0.25) is 0 Å². The summed E-state index contributed by atoms with van der Waals surface area (Å²) in [5.41, 5.74) is 5.48. The summed E-state index contributed by atoms with van der Waals surface area (Å²) in [4.78, 5) is 2.53. The van der Waals surface area contributed by atoms with Gasteiger partial charge >= 0.3 is 0 Å². The van der Waals surface area contributed by atoms with E-state index in [-0.39, 0.29) is 0 Å². The summed E-state index contributed by atoms with van der Waals surface area (Å²) in [5, 5.41) is 0. The van der Waals surface area contributed by atoms with E-state index in [0.717, 1.165) is 25.4 Å². The summed E-state index contributed by atoms with van der Waals surface area (Å²) in [5.74, 6) is 0.718. The molecule has 15 heavy (non-hydrogen) atoms. The fraction of sp³-hybridized carbons (Fsp3) is 1.00. The van der Waals surface area contributed by atoms with Gasteiger partial charge in [-0.15, -0.1) is 0 Å². The van der Waals surface area contributed by atoms with Gasteiger partial charge in [0, 0.05) is 13.7 Å². The van der Waals surface area contributed by atoms with Gasteiger partial charge in [0.1, 0.15) is 0 Å². The Hall–Kier alpha value is -0.120. The summed E-state index contributed by atoms with van der Waals surface area (Å²) in [6, 6.07) is 0. The van der Waals surface area contributed by atoms with Crippen LogP contribution < -0.4 is 5.73 Å². The first kappa shape index (κ1) is 12.9. The number of methoxy groups -OCH3 is 1. The normalized spacial score (nSPS) is 28.2. The highest BCUT2D eigenvalue weighted by atomic mass is 16.5. The van der Waals surface area contributed by atoms with E-state index in [1.807, 2.05) is 7.11 Å². The third-order valence-electron chi connectivity index (χ3n) is 3.45. The number of unbranched alkanes of at least 4 members (excludes halogenated alkanes) is 2. The number of ether oxygens (including phenoxy) is 1. The monoisotopic (exact) mass is 214 g/mol. The van der Waals surface area contributed by atoms with E-state index >= 15 is 0 Å². The molecule has 0 aliphatic carbocycles. The van der Waals surface area contributed by atoms with Crippen LogP contribution in [-0.4, -0.2) is 44.3 Å². The van der Waals surface area contributed by atoms with Gasteiger partial charge in [-0.25, -0.2) is 0 Å². The zero-order valence-electron chi connectivity index (χ0n) is 10.2. The van der Waals surface area contributed by atoms with E-state index in [1.165, 1.54) is 32.4 Å². The van der Waals surface area contributed by atoms with Gasteiger partial charge in [0.15, 0.2) is 0 Å². The lowest BCUT2D eigenvalue weighted by Gasteiger charge is -2.36. The summed E-state index contributed by atoms with van der Waals surface area (Å²) >= 11 is 0. The predicted octanol–water partition coefficient (Wildman–Crippen LogP) is 1.47. The Morgan fingerprint density at radius 3 is 2.80 bits per heavy atom. The first-order valence-corrected chi connectivity index (χ1v) is 6.23. The second-order valence-electron chi connectivity index (χ2n) is 4.69. The number of nitrogens with two attached hydrogens (primary N) is 1. The molecule has 1 rings (SSSR count). The van der Waals surface area contributed by atoms with Crippen LogP contribution in [0.5, 0.6) is 0 Å². The van der Waals surface area contributed by atoms with Crippen molar-refractivity contribution in [3.05, 3.63) is 0 Å². The molecule has 0 spiro atoms. The van der Waals surface area contributed by atoms with E-state index in [1.54, 1.807) is 0 Å². The summed E-state index contributed by atoms with van der Waals surface area (Å²) in [6.07, 6.45) is 5.42. The second-order valence-corrected chi connectivity index (χ2v) is 4.69. The van der Waals surface area contributed by atoms with Gasteiger partial charge in [-0.05, 0) is 44.8 Å². The Morgan fingerprint density at radius 2 is 2.13 bits per heavy atom. The van der Waals surface area contributed by atoms with Crippen LogP contribution >= 0.6 is 0 Å². The Kier molecular flexibility index (Phi) is 6.22. The molecule has 0 radical (unpaired) electrons. The highest BCUT2D eigenvalue weighted by Gasteiger charge is 2.25. The summed E-state index contributed by atoms with van der Waals surface area (Å²) < 4.78 is 5.50. The molecule has 0 bridgehead atoms. The largest absolute Gasteiger partial charge is 0.380 e. The maximum absolute atomic E-state index is 5.50. The van der Waals surface area contributed by atoms with Gasteiger partial charge in [-0.2, -0.15) is 0 Å². The average Bonchev–Trinajstić information content (AvgIpc) is 2.26. The summed E-state index contributed by atoms with van der Waals surface area (Å²) in [6.45, 7) is 6.69. The Balaban J connectivity index is 2.14. The van der Waals surface area contributed by atoms with Gasteiger partial charge < -0.3 is 15.4 Å². The Labute approximate surface area is 94.0 Å². The standard InChI is InChI=1S/C12H26N2O/c1-11-6-9-14(10-12(11)15-2)8-5-3-4-7-13/h11-12H,3-10,13H2,1-2H3. The maximum atomic E-state index is 5.50. The van der Waals surface area contributed by atoms with Crippen LogP contribution in [0.15, 0.2) is 0 Å². The number of likely N-dealkylation sites (tertiary alicyclic amines) is 1. The first-order valence-electron chi connectivity index (χ1n) is 6.23. The molecule has 2 atom stereocenters. The van der Waals surface area contributed by atoms with Crippen LogP contribution in [0.25, 0.3) is 0 Å². The fourth-order valence-electron chi connectivity index (χ4n) is 2.26. The van der Waals surface area contributed by atoms with Crippen LogP contribution in [-0.2, 0) is 4.74 Å². The van der Waals surface area contributed by atoms with Crippen LogP contribution in [0.1, 0.15) is 32.6 Å². The van der Waals surface area contributed by atoms with E-state index in [4.69, 9.17) is 10.5 Å². The minimum Gasteiger partial charge on any atom is -0.380 e. The molecule has 3 nitrogen and oxygen atoms in total. The van der Waals surface area contributed by atoms with Gasteiger partial charge in [0.25, 0.3) is 0 Å². The van der Waals surface area contributed by atoms with Crippen molar-refractivity contribution in [2.75, 3.05) is 33.3 Å². The SMILES string of the molecule is COC1CN(CCCCCN)CCC1C. The number of nitrogens with zero attached hydrogens (tertiary/aromatic N) is 1. The van der Waals surface area contributed by atoms with Crippen molar-refractivity contribution in [1.29, 1.82) is 0 Å². The molecule has 1 fully saturated rings. The van der Waals surface area contributed by atoms with E-state index in [2.05, 4.69) is 11.8 Å². The number of hydrogen-bond donors (Lipinski definition) is 1. The number of piperidine rings is 1. The number of hydrogen-bond acceptors (Lipinski definition) is 3. The van der Waals surface area contributed by atoms with Crippen molar-refractivity contribution in [2.24, 2.45) is 11.7 Å². The molecule has 2 unspecified atom stereocenters.